The van der Waals surface area contributed by atoms with Gasteiger partial charge >= 0.3 is 5.69 Å². The molecule has 0 saturated heterocycles. The van der Waals surface area contributed by atoms with Crippen molar-refractivity contribution in [3.8, 4) is 5.69 Å². The standard InChI is InChI=1S/C26H25N5O2/c1-17-10-8-14-21(19(17)3)31-18(2)16-30-22-23(27-25(30)31)28(4)26(33)29(24(22)32)15-9-13-20-11-6-5-7-12-20/h5-14,16H,15H2,1-4H3. The van der Waals surface area contributed by atoms with Gasteiger partial charge < -0.3 is 0 Å². The summed E-state index contributed by atoms with van der Waals surface area (Å²) < 4.78 is 6.53. The lowest BCUT2D eigenvalue weighted by Gasteiger charge is -2.11. The first-order valence-electron chi connectivity index (χ1n) is 10.9. The molecule has 7 heteroatoms. The van der Waals surface area contributed by atoms with Gasteiger partial charge in [0.25, 0.3) is 5.56 Å². The number of allylic oxidation sites excluding steroid dienone is 1. The fraction of sp³-hybridized carbons (Fsp3) is 0.192. The van der Waals surface area contributed by atoms with Crippen LogP contribution in [0, 0.1) is 20.8 Å². The van der Waals surface area contributed by atoms with Crippen LogP contribution in [0.3, 0.4) is 0 Å². The molecule has 0 aliphatic rings. The smallest absolute Gasteiger partial charge is 0.283 e. The second-order valence-electron chi connectivity index (χ2n) is 8.35. The summed E-state index contributed by atoms with van der Waals surface area (Å²) in [6.45, 7) is 6.32. The summed E-state index contributed by atoms with van der Waals surface area (Å²) >= 11 is 0. The van der Waals surface area contributed by atoms with Crippen LogP contribution in [0.15, 0.2) is 70.4 Å². The Kier molecular flexibility index (Phi) is 4.89. The first-order chi connectivity index (χ1) is 15.9. The van der Waals surface area contributed by atoms with E-state index >= 15 is 0 Å². The molecule has 0 atom stereocenters. The molecular formula is C26H25N5O2. The van der Waals surface area contributed by atoms with Crippen LogP contribution in [0.25, 0.3) is 28.7 Å². The molecule has 0 amide bonds. The van der Waals surface area contributed by atoms with Gasteiger partial charge in [0.1, 0.15) is 0 Å². The van der Waals surface area contributed by atoms with Crippen molar-refractivity contribution in [2.45, 2.75) is 27.3 Å². The highest BCUT2D eigenvalue weighted by Crippen LogP contribution is 2.24. The lowest BCUT2D eigenvalue weighted by atomic mass is 10.1. The zero-order valence-electron chi connectivity index (χ0n) is 19.1. The predicted molar refractivity (Wildman–Crippen MR) is 131 cm³/mol. The van der Waals surface area contributed by atoms with Gasteiger partial charge in [-0.25, -0.2) is 4.79 Å². The van der Waals surface area contributed by atoms with E-state index in [2.05, 4.69) is 19.9 Å². The summed E-state index contributed by atoms with van der Waals surface area (Å²) in [6.07, 6.45) is 5.64. The lowest BCUT2D eigenvalue weighted by Crippen LogP contribution is -2.39. The monoisotopic (exact) mass is 439 g/mol. The maximum absolute atomic E-state index is 13.4. The lowest BCUT2D eigenvalue weighted by molar-refractivity contribution is 0.667. The highest BCUT2D eigenvalue weighted by Gasteiger charge is 2.21. The van der Waals surface area contributed by atoms with Crippen LogP contribution in [0.2, 0.25) is 0 Å². The van der Waals surface area contributed by atoms with Gasteiger partial charge in [-0.05, 0) is 43.5 Å². The molecule has 0 radical (unpaired) electrons. The van der Waals surface area contributed by atoms with Crippen molar-refractivity contribution in [1.29, 1.82) is 0 Å². The highest BCUT2D eigenvalue weighted by atomic mass is 16.2. The fourth-order valence-corrected chi connectivity index (χ4v) is 4.31. The maximum atomic E-state index is 13.4. The van der Waals surface area contributed by atoms with Crippen LogP contribution in [0.4, 0.5) is 0 Å². The number of nitrogens with zero attached hydrogens (tertiary/aromatic N) is 5. The van der Waals surface area contributed by atoms with Crippen molar-refractivity contribution < 1.29 is 0 Å². The van der Waals surface area contributed by atoms with E-state index in [1.807, 2.05) is 72.3 Å². The minimum Gasteiger partial charge on any atom is -0.283 e. The third-order valence-corrected chi connectivity index (χ3v) is 6.24. The normalized spacial score (nSPS) is 11.9. The van der Waals surface area contributed by atoms with Gasteiger partial charge in [0, 0.05) is 25.5 Å². The van der Waals surface area contributed by atoms with Crippen molar-refractivity contribution in [3.05, 3.63) is 104 Å². The zero-order valence-corrected chi connectivity index (χ0v) is 19.1. The van der Waals surface area contributed by atoms with Gasteiger partial charge in [0.15, 0.2) is 11.2 Å². The van der Waals surface area contributed by atoms with Crippen LogP contribution >= 0.6 is 0 Å². The van der Waals surface area contributed by atoms with Crippen molar-refractivity contribution in [2.75, 3.05) is 0 Å². The van der Waals surface area contributed by atoms with E-state index in [1.165, 1.54) is 14.7 Å². The molecule has 0 bridgehead atoms. The number of aromatic nitrogens is 5. The second-order valence-corrected chi connectivity index (χ2v) is 8.35. The van der Waals surface area contributed by atoms with E-state index in [0.717, 1.165) is 22.5 Å². The van der Waals surface area contributed by atoms with Gasteiger partial charge in [-0.1, -0.05) is 54.6 Å². The Bertz CT molecular complexity index is 1660. The molecular weight excluding hydrogens is 414 g/mol. The molecule has 3 aromatic heterocycles. The van der Waals surface area contributed by atoms with Gasteiger partial charge in [-0.3, -0.25) is 22.9 Å². The van der Waals surface area contributed by atoms with E-state index in [9.17, 15) is 9.59 Å². The third-order valence-electron chi connectivity index (χ3n) is 6.24. The zero-order chi connectivity index (χ0) is 23.3. The minimum absolute atomic E-state index is 0.181. The number of rotatable bonds is 4. The summed E-state index contributed by atoms with van der Waals surface area (Å²) in [7, 11) is 1.66. The molecule has 3 heterocycles. The molecule has 0 N–H and O–H groups in total. The Hall–Kier alpha value is -4.13. The molecule has 5 rings (SSSR count). The Balaban J connectivity index is 1.71. The summed E-state index contributed by atoms with van der Waals surface area (Å²) in [6, 6.07) is 15.9. The molecule has 7 nitrogen and oxygen atoms in total. The van der Waals surface area contributed by atoms with Gasteiger partial charge in [0.2, 0.25) is 5.78 Å². The Morgan fingerprint density at radius 1 is 0.970 bits per heavy atom. The van der Waals surface area contributed by atoms with E-state index in [-0.39, 0.29) is 17.8 Å². The molecule has 0 spiro atoms. The SMILES string of the molecule is Cc1cccc(-n2c(C)cn3c4c(=O)n(CC=Cc5ccccc5)c(=O)n(C)c4nc23)c1C. The summed E-state index contributed by atoms with van der Waals surface area (Å²) in [5.74, 6) is 0.612. The van der Waals surface area contributed by atoms with Crippen LogP contribution in [0.1, 0.15) is 22.4 Å². The van der Waals surface area contributed by atoms with Crippen molar-refractivity contribution in [3.63, 3.8) is 0 Å². The topological polar surface area (TPSA) is 66.2 Å². The number of imidazole rings is 2. The summed E-state index contributed by atoms with van der Waals surface area (Å²) in [4.78, 5) is 31.2. The summed E-state index contributed by atoms with van der Waals surface area (Å²) in [5.41, 5.74) is 5.33. The molecule has 0 unspecified atom stereocenters. The number of hydrogen-bond acceptors (Lipinski definition) is 3. The van der Waals surface area contributed by atoms with Crippen LogP contribution in [0.5, 0.6) is 0 Å². The van der Waals surface area contributed by atoms with Gasteiger partial charge in [-0.2, -0.15) is 4.98 Å². The number of aryl methyl sites for hydroxylation is 3. The van der Waals surface area contributed by atoms with Crippen molar-refractivity contribution >= 4 is 23.0 Å². The first kappa shape index (κ1) is 20.8. The molecule has 166 valence electrons. The first-order valence-corrected chi connectivity index (χ1v) is 10.9. The molecule has 0 aliphatic carbocycles. The largest absolute Gasteiger partial charge is 0.332 e. The average molecular weight is 440 g/mol. The van der Waals surface area contributed by atoms with E-state index in [4.69, 9.17) is 4.98 Å². The third kappa shape index (κ3) is 3.24. The van der Waals surface area contributed by atoms with Crippen LogP contribution in [-0.4, -0.2) is 23.1 Å². The van der Waals surface area contributed by atoms with Gasteiger partial charge in [-0.15, -0.1) is 0 Å². The highest BCUT2D eigenvalue weighted by molar-refractivity contribution is 5.76. The maximum Gasteiger partial charge on any atom is 0.332 e. The van der Waals surface area contributed by atoms with E-state index < -0.39 is 0 Å². The van der Waals surface area contributed by atoms with E-state index in [0.29, 0.717) is 16.9 Å². The molecule has 33 heavy (non-hydrogen) atoms. The van der Waals surface area contributed by atoms with Crippen molar-refractivity contribution in [2.24, 2.45) is 7.05 Å². The average Bonchev–Trinajstić information content (AvgIpc) is 3.32. The van der Waals surface area contributed by atoms with E-state index in [1.54, 1.807) is 11.4 Å². The minimum atomic E-state index is -0.388. The Morgan fingerprint density at radius 3 is 2.48 bits per heavy atom. The quantitative estimate of drug-likeness (QED) is 0.428. The Labute approximate surface area is 190 Å². The van der Waals surface area contributed by atoms with Crippen LogP contribution < -0.4 is 11.2 Å². The molecule has 0 fully saturated rings. The van der Waals surface area contributed by atoms with Gasteiger partial charge in [0.05, 0.1) is 5.69 Å². The summed E-state index contributed by atoms with van der Waals surface area (Å²) in [5, 5.41) is 0. The second kappa shape index (κ2) is 7.78. The Morgan fingerprint density at radius 2 is 1.73 bits per heavy atom. The number of benzene rings is 2. The molecule has 5 aromatic rings. The van der Waals surface area contributed by atoms with Crippen molar-refractivity contribution in [1.82, 2.24) is 23.1 Å². The predicted octanol–water partition coefficient (Wildman–Crippen LogP) is 3.78. The molecule has 0 saturated carbocycles. The number of hydrogen-bond donors (Lipinski definition) is 0. The number of fused-ring (bicyclic) bond motifs is 3. The van der Waals surface area contributed by atoms with Crippen LogP contribution in [-0.2, 0) is 13.6 Å². The molecule has 0 aliphatic heterocycles. The fourth-order valence-electron chi connectivity index (χ4n) is 4.31. The molecule has 2 aromatic carbocycles.